The lowest BCUT2D eigenvalue weighted by Crippen LogP contribution is -2.57. The fraction of sp³-hybridized carbons (Fsp3) is 0.605. The molecule has 0 aromatic heterocycles. The molecule has 284 valence electrons. The summed E-state index contributed by atoms with van der Waals surface area (Å²) in [5.74, 6) is -4.27. The van der Waals surface area contributed by atoms with E-state index in [0.717, 1.165) is 12.8 Å². The average molecular weight is 724 g/mol. The van der Waals surface area contributed by atoms with Crippen molar-refractivity contribution in [2.45, 2.75) is 116 Å². The van der Waals surface area contributed by atoms with Crippen LogP contribution in [0.3, 0.4) is 0 Å². The van der Waals surface area contributed by atoms with E-state index >= 15 is 0 Å². The number of carbonyl (C=O) groups is 7. The van der Waals surface area contributed by atoms with E-state index in [2.05, 4.69) is 21.3 Å². The van der Waals surface area contributed by atoms with Crippen LogP contribution in [0.4, 0.5) is 4.79 Å². The number of alkyl carbamates (subject to hydrolysis) is 1. The van der Waals surface area contributed by atoms with Crippen molar-refractivity contribution in [2.75, 3.05) is 19.7 Å². The smallest absolute Gasteiger partial charge is 0.407 e. The van der Waals surface area contributed by atoms with Crippen LogP contribution >= 0.6 is 0 Å². The van der Waals surface area contributed by atoms with Crippen molar-refractivity contribution in [3.05, 3.63) is 48.0 Å². The van der Waals surface area contributed by atoms with Gasteiger partial charge in [0.25, 0.3) is 5.91 Å². The van der Waals surface area contributed by atoms with Crippen LogP contribution in [-0.4, -0.2) is 89.8 Å². The SMILES string of the molecule is CC(C)COC(=O)N[C@H]1CCC=CCC2(CC2)CC(C(=O)C(=O)NCC(=O)N[C@H](C(=O)OC(C)(C)C)c2ccccc2)NC(=O)[C@@H]2CCCN2C1=O. The Labute approximate surface area is 305 Å². The summed E-state index contributed by atoms with van der Waals surface area (Å²) in [6.45, 7) is 8.79. The van der Waals surface area contributed by atoms with Crippen molar-refractivity contribution in [3.8, 4) is 0 Å². The number of rotatable bonds is 10. The molecule has 1 spiro atoms. The Morgan fingerprint density at radius 1 is 1.02 bits per heavy atom. The second-order valence-electron chi connectivity index (χ2n) is 15.4. The molecule has 1 aliphatic carbocycles. The number of nitrogens with zero attached hydrogens (tertiary/aromatic N) is 1. The normalized spacial score (nSPS) is 22.3. The molecule has 0 radical (unpaired) electrons. The van der Waals surface area contributed by atoms with Gasteiger partial charge in [0.15, 0.2) is 6.04 Å². The minimum absolute atomic E-state index is 0.112. The van der Waals surface area contributed by atoms with E-state index in [1.54, 1.807) is 51.1 Å². The molecule has 2 aliphatic heterocycles. The maximum atomic E-state index is 13.7. The number of ketones is 1. The Morgan fingerprint density at radius 2 is 1.73 bits per heavy atom. The third-order valence-corrected chi connectivity index (χ3v) is 9.26. The molecule has 4 rings (SSSR count). The molecule has 52 heavy (non-hydrogen) atoms. The fourth-order valence-corrected chi connectivity index (χ4v) is 6.38. The van der Waals surface area contributed by atoms with Crippen molar-refractivity contribution >= 4 is 41.5 Å². The quantitative estimate of drug-likeness (QED) is 0.160. The van der Waals surface area contributed by atoms with Crippen LogP contribution in [0.2, 0.25) is 0 Å². The zero-order valence-corrected chi connectivity index (χ0v) is 30.8. The fourth-order valence-electron chi connectivity index (χ4n) is 6.38. The first kappa shape index (κ1) is 40.0. The number of carbonyl (C=O) groups excluding carboxylic acids is 7. The first-order valence-corrected chi connectivity index (χ1v) is 18.2. The molecule has 14 nitrogen and oxygen atoms in total. The summed E-state index contributed by atoms with van der Waals surface area (Å²) in [6, 6.07) is 4.34. The number of esters is 1. The first-order chi connectivity index (χ1) is 24.6. The molecule has 0 bridgehead atoms. The number of ether oxygens (including phenoxy) is 2. The van der Waals surface area contributed by atoms with Crippen molar-refractivity contribution in [1.82, 2.24) is 26.2 Å². The highest BCUT2D eigenvalue weighted by molar-refractivity contribution is 6.38. The second kappa shape index (κ2) is 17.6. The van der Waals surface area contributed by atoms with Crippen LogP contribution in [0, 0.1) is 11.3 Å². The van der Waals surface area contributed by atoms with Gasteiger partial charge >= 0.3 is 12.1 Å². The van der Waals surface area contributed by atoms with Crippen molar-refractivity contribution in [2.24, 2.45) is 11.3 Å². The van der Waals surface area contributed by atoms with Gasteiger partial charge in [0, 0.05) is 6.54 Å². The topological polar surface area (TPSA) is 189 Å². The van der Waals surface area contributed by atoms with Gasteiger partial charge in [-0.2, -0.15) is 0 Å². The third kappa shape index (κ3) is 11.6. The molecule has 4 atom stereocenters. The average Bonchev–Trinajstić information content (AvgIpc) is 3.66. The number of benzene rings is 1. The number of nitrogens with one attached hydrogen (secondary N) is 4. The maximum Gasteiger partial charge on any atom is 0.407 e. The largest absolute Gasteiger partial charge is 0.458 e. The highest BCUT2D eigenvalue weighted by Gasteiger charge is 2.47. The lowest BCUT2D eigenvalue weighted by Gasteiger charge is -2.30. The van der Waals surface area contributed by atoms with Gasteiger partial charge in [0.05, 0.1) is 19.2 Å². The predicted molar refractivity (Wildman–Crippen MR) is 190 cm³/mol. The van der Waals surface area contributed by atoms with Crippen LogP contribution < -0.4 is 21.3 Å². The van der Waals surface area contributed by atoms with Crippen molar-refractivity contribution in [3.63, 3.8) is 0 Å². The molecule has 1 saturated heterocycles. The summed E-state index contributed by atoms with van der Waals surface area (Å²) >= 11 is 0. The Morgan fingerprint density at radius 3 is 2.38 bits per heavy atom. The highest BCUT2D eigenvalue weighted by Crippen LogP contribution is 2.53. The van der Waals surface area contributed by atoms with Gasteiger partial charge in [-0.3, -0.25) is 24.0 Å². The number of allylic oxidation sites excluding steroid dienone is 2. The second-order valence-corrected chi connectivity index (χ2v) is 15.4. The molecule has 1 aromatic rings. The van der Waals surface area contributed by atoms with Gasteiger partial charge in [-0.15, -0.1) is 0 Å². The van der Waals surface area contributed by atoms with Crippen LogP contribution in [0.5, 0.6) is 0 Å². The van der Waals surface area contributed by atoms with E-state index in [-0.39, 0.29) is 30.9 Å². The molecule has 2 fully saturated rings. The minimum Gasteiger partial charge on any atom is -0.458 e. The van der Waals surface area contributed by atoms with Gasteiger partial charge in [0.1, 0.15) is 17.7 Å². The Kier molecular flexibility index (Phi) is 13.6. The molecule has 3 aliphatic rings. The van der Waals surface area contributed by atoms with E-state index < -0.39 is 77.8 Å². The summed E-state index contributed by atoms with van der Waals surface area (Å²) in [7, 11) is 0. The van der Waals surface area contributed by atoms with Crippen molar-refractivity contribution in [1.29, 1.82) is 0 Å². The zero-order valence-electron chi connectivity index (χ0n) is 30.8. The van der Waals surface area contributed by atoms with E-state index in [9.17, 15) is 33.6 Å². The lowest BCUT2D eigenvalue weighted by molar-refractivity contribution is -0.158. The molecule has 1 unspecified atom stereocenters. The third-order valence-electron chi connectivity index (χ3n) is 9.26. The van der Waals surface area contributed by atoms with Gasteiger partial charge in [-0.25, -0.2) is 9.59 Å². The molecule has 1 aromatic carbocycles. The predicted octanol–water partition coefficient (Wildman–Crippen LogP) is 3.01. The van der Waals surface area contributed by atoms with E-state index in [1.165, 1.54) is 4.90 Å². The summed E-state index contributed by atoms with van der Waals surface area (Å²) in [4.78, 5) is 94.3. The Hall–Kier alpha value is -4.75. The monoisotopic (exact) mass is 723 g/mol. The standard InChI is InChI=1S/C38H53N5O9/c1-24(2)23-51-36(50)41-26-15-10-7-11-17-38(18-19-38)21-27(40-32(46)28-16-12-20-43(28)34(26)48)31(45)33(47)39-22-29(44)42-30(25-13-8-6-9-14-25)35(49)52-37(3,4)5/h6-9,11,13-14,24,26-28,30H,10,12,15-23H2,1-5H3,(H,39,47)(H,40,46)(H,41,50)(H,42,44)/t26-,27?,28-,30-/m0/s1. The van der Waals surface area contributed by atoms with Gasteiger partial charge < -0.3 is 35.6 Å². The van der Waals surface area contributed by atoms with Crippen LogP contribution in [-0.2, 0) is 38.2 Å². The van der Waals surface area contributed by atoms with E-state index in [4.69, 9.17) is 9.47 Å². The molecule has 14 heteroatoms. The summed E-state index contributed by atoms with van der Waals surface area (Å²) in [5, 5.41) is 10.4. The van der Waals surface area contributed by atoms with E-state index in [1.807, 2.05) is 26.0 Å². The summed E-state index contributed by atoms with van der Waals surface area (Å²) in [6.07, 6.45) is 7.31. The van der Waals surface area contributed by atoms with Gasteiger partial charge in [-0.05, 0) is 89.0 Å². The number of hydrogen-bond donors (Lipinski definition) is 4. The summed E-state index contributed by atoms with van der Waals surface area (Å²) < 4.78 is 10.8. The van der Waals surface area contributed by atoms with Crippen LogP contribution in [0.25, 0.3) is 0 Å². The molecular weight excluding hydrogens is 670 g/mol. The number of fused-ring (bicyclic) bond motifs is 1. The van der Waals surface area contributed by atoms with E-state index in [0.29, 0.717) is 37.7 Å². The van der Waals surface area contributed by atoms with Crippen LogP contribution in [0.1, 0.15) is 97.6 Å². The molecular formula is C38H53N5O9. The van der Waals surface area contributed by atoms with Crippen LogP contribution in [0.15, 0.2) is 42.5 Å². The molecule has 1 saturated carbocycles. The minimum atomic E-state index is -1.20. The zero-order chi connectivity index (χ0) is 38.1. The highest BCUT2D eigenvalue weighted by atomic mass is 16.6. The molecule has 5 amide bonds. The van der Waals surface area contributed by atoms with Gasteiger partial charge in [-0.1, -0.05) is 56.3 Å². The first-order valence-electron chi connectivity index (χ1n) is 18.2. The Bertz CT molecular complexity index is 1520. The number of hydrogen-bond acceptors (Lipinski definition) is 9. The lowest BCUT2D eigenvalue weighted by atomic mass is 9.90. The number of Topliss-reactive ketones (excluding diaryl/α,β-unsaturated/α-hetero) is 1. The Balaban J connectivity index is 1.46. The molecule has 2 heterocycles. The molecule has 4 N–H and O–H groups in total. The maximum absolute atomic E-state index is 13.7. The van der Waals surface area contributed by atoms with Crippen molar-refractivity contribution < 1.29 is 43.0 Å². The number of amides is 5. The van der Waals surface area contributed by atoms with Gasteiger partial charge in [0.2, 0.25) is 23.5 Å². The summed E-state index contributed by atoms with van der Waals surface area (Å²) in [5.41, 5.74) is -0.638.